The van der Waals surface area contributed by atoms with Crippen LogP contribution in [0.3, 0.4) is 0 Å². The molecule has 2 aromatic rings. The molecular formula is C20H22N4O5S2. The molecule has 9 nitrogen and oxygen atoms in total. The predicted molar refractivity (Wildman–Crippen MR) is 123 cm³/mol. The summed E-state index contributed by atoms with van der Waals surface area (Å²) >= 11 is 5.09. The Kier molecular flexibility index (Phi) is 8.37. The lowest BCUT2D eigenvalue weighted by Crippen LogP contribution is -2.33. The molecule has 2 rings (SSSR count). The summed E-state index contributed by atoms with van der Waals surface area (Å²) in [5.41, 5.74) is 1.08. The Balaban J connectivity index is 1.91. The van der Waals surface area contributed by atoms with E-state index in [0.717, 1.165) is 0 Å². The molecular weight excluding hydrogens is 440 g/mol. The first-order valence-electron chi connectivity index (χ1n) is 9.27. The van der Waals surface area contributed by atoms with Crippen LogP contribution in [0.1, 0.15) is 25.8 Å². The number of nitro groups is 1. The van der Waals surface area contributed by atoms with Crippen molar-refractivity contribution < 1.29 is 18.1 Å². The van der Waals surface area contributed by atoms with E-state index in [-0.39, 0.29) is 21.7 Å². The van der Waals surface area contributed by atoms with E-state index in [4.69, 9.17) is 12.2 Å². The van der Waals surface area contributed by atoms with E-state index in [9.17, 15) is 23.3 Å². The highest BCUT2D eigenvalue weighted by molar-refractivity contribution is 7.89. The summed E-state index contributed by atoms with van der Waals surface area (Å²) in [5.74, 6) is -0.493. The first-order chi connectivity index (χ1) is 14.6. The number of rotatable bonds is 8. The summed E-state index contributed by atoms with van der Waals surface area (Å²) in [4.78, 5) is 22.2. The molecule has 0 spiro atoms. The largest absolute Gasteiger partial charge is 0.332 e. The fraction of sp³-hybridized carbons (Fsp3) is 0.200. The van der Waals surface area contributed by atoms with Crippen LogP contribution < -0.4 is 15.4 Å². The highest BCUT2D eigenvalue weighted by Gasteiger charge is 2.16. The number of thiocarbonyl (C=S) groups is 1. The van der Waals surface area contributed by atoms with Crippen molar-refractivity contribution in [2.75, 3.05) is 5.32 Å². The smallest absolute Gasteiger partial charge is 0.269 e. The Bertz CT molecular complexity index is 1080. The van der Waals surface area contributed by atoms with Gasteiger partial charge in [-0.2, -0.15) is 0 Å². The van der Waals surface area contributed by atoms with E-state index in [2.05, 4.69) is 15.4 Å². The zero-order chi connectivity index (χ0) is 23.0. The first-order valence-corrected chi connectivity index (χ1v) is 11.2. The van der Waals surface area contributed by atoms with Gasteiger partial charge in [0.1, 0.15) is 0 Å². The molecule has 11 heteroatoms. The summed E-state index contributed by atoms with van der Waals surface area (Å²) in [6, 6.07) is 11.5. The van der Waals surface area contributed by atoms with E-state index < -0.39 is 20.9 Å². The minimum Gasteiger partial charge on any atom is -0.332 e. The lowest BCUT2D eigenvalue weighted by molar-refractivity contribution is -0.384. The highest BCUT2D eigenvalue weighted by atomic mass is 32.2. The van der Waals surface area contributed by atoms with Crippen molar-refractivity contribution in [2.24, 2.45) is 0 Å². The number of sulfonamides is 1. The number of hydrogen-bond acceptors (Lipinski definition) is 6. The van der Waals surface area contributed by atoms with Crippen molar-refractivity contribution in [1.82, 2.24) is 10.0 Å². The van der Waals surface area contributed by atoms with Crippen LogP contribution in [0, 0.1) is 10.1 Å². The van der Waals surface area contributed by atoms with Gasteiger partial charge in [-0.15, -0.1) is 0 Å². The summed E-state index contributed by atoms with van der Waals surface area (Å²) in [5, 5.41) is 15.9. The lowest BCUT2D eigenvalue weighted by atomic mass is 10.2. The summed E-state index contributed by atoms with van der Waals surface area (Å²) in [6.07, 6.45) is 3.41. The van der Waals surface area contributed by atoms with Gasteiger partial charge in [0.05, 0.1) is 9.82 Å². The van der Waals surface area contributed by atoms with Gasteiger partial charge >= 0.3 is 0 Å². The Morgan fingerprint density at radius 2 is 1.77 bits per heavy atom. The predicted octanol–water partition coefficient (Wildman–Crippen LogP) is 3.20. The second-order valence-corrected chi connectivity index (χ2v) is 8.70. The number of non-ortho nitro benzene ring substituents is 1. The second kappa shape index (κ2) is 10.8. The van der Waals surface area contributed by atoms with Crippen LogP contribution >= 0.6 is 12.2 Å². The topological polar surface area (TPSA) is 130 Å². The average molecular weight is 463 g/mol. The number of anilines is 1. The number of nitrogens with zero attached hydrogens (tertiary/aromatic N) is 1. The van der Waals surface area contributed by atoms with Crippen LogP contribution in [0.5, 0.6) is 0 Å². The van der Waals surface area contributed by atoms with Gasteiger partial charge in [-0.25, -0.2) is 13.1 Å². The van der Waals surface area contributed by atoms with E-state index in [1.54, 1.807) is 6.92 Å². The van der Waals surface area contributed by atoms with E-state index in [1.807, 2.05) is 6.92 Å². The summed E-state index contributed by atoms with van der Waals surface area (Å²) in [6.45, 7) is 3.67. The molecule has 0 saturated carbocycles. The molecule has 2 aromatic carbocycles. The monoisotopic (exact) mass is 462 g/mol. The van der Waals surface area contributed by atoms with E-state index in [0.29, 0.717) is 17.7 Å². The van der Waals surface area contributed by atoms with Crippen molar-refractivity contribution in [3.05, 3.63) is 70.3 Å². The van der Waals surface area contributed by atoms with Crippen molar-refractivity contribution in [3.63, 3.8) is 0 Å². The molecule has 0 heterocycles. The minimum absolute atomic E-state index is 0.0340. The first kappa shape index (κ1) is 24.1. The second-order valence-electron chi connectivity index (χ2n) is 6.58. The van der Waals surface area contributed by atoms with Gasteiger partial charge in [0.25, 0.3) is 5.69 Å². The molecule has 0 aliphatic rings. The third kappa shape index (κ3) is 7.55. The quantitative estimate of drug-likeness (QED) is 0.238. The number of carbonyl (C=O) groups excluding carboxylic acids is 1. The zero-order valence-corrected chi connectivity index (χ0v) is 18.5. The van der Waals surface area contributed by atoms with E-state index >= 15 is 0 Å². The van der Waals surface area contributed by atoms with Gasteiger partial charge in [0, 0.05) is 29.9 Å². The van der Waals surface area contributed by atoms with Crippen molar-refractivity contribution in [2.45, 2.75) is 31.2 Å². The average Bonchev–Trinajstić information content (AvgIpc) is 2.72. The van der Waals surface area contributed by atoms with Gasteiger partial charge in [-0.1, -0.05) is 6.92 Å². The normalized spacial score (nSPS) is 12.3. The standard InChI is InChI=1S/C20H22N4O5S2/c1-3-14(2)23-31(28,29)18-11-7-16(8-12-18)21-20(30)22-19(25)13-6-15-4-9-17(10-5-15)24(26)27/h4-14,23H,3H2,1-2H3,(H2,21,22,25,30)/b13-6+. The molecule has 3 N–H and O–H groups in total. The Labute approximate surface area is 185 Å². The lowest BCUT2D eigenvalue weighted by Gasteiger charge is -2.13. The van der Waals surface area contributed by atoms with Gasteiger partial charge in [-0.05, 0) is 73.6 Å². The number of carbonyl (C=O) groups is 1. The van der Waals surface area contributed by atoms with Crippen LogP contribution in [0.4, 0.5) is 11.4 Å². The van der Waals surface area contributed by atoms with Gasteiger partial charge in [0.2, 0.25) is 15.9 Å². The van der Waals surface area contributed by atoms with Gasteiger partial charge in [-0.3, -0.25) is 20.2 Å². The molecule has 164 valence electrons. The number of nitrogens with one attached hydrogen (secondary N) is 3. The summed E-state index contributed by atoms with van der Waals surface area (Å²) in [7, 11) is -3.60. The Morgan fingerprint density at radius 1 is 1.16 bits per heavy atom. The van der Waals surface area contributed by atoms with Crippen LogP contribution in [-0.2, 0) is 14.8 Å². The summed E-state index contributed by atoms with van der Waals surface area (Å²) < 4.78 is 27.1. The molecule has 1 amide bonds. The van der Waals surface area contributed by atoms with Gasteiger partial charge < -0.3 is 5.32 Å². The minimum atomic E-state index is -3.60. The molecule has 0 aliphatic heterocycles. The molecule has 31 heavy (non-hydrogen) atoms. The van der Waals surface area contributed by atoms with E-state index in [1.165, 1.54) is 60.7 Å². The molecule has 0 aliphatic carbocycles. The Morgan fingerprint density at radius 3 is 2.32 bits per heavy atom. The molecule has 0 aromatic heterocycles. The van der Waals surface area contributed by atoms with Gasteiger partial charge in [0.15, 0.2) is 5.11 Å². The van der Waals surface area contributed by atoms with Crippen molar-refractivity contribution >= 4 is 50.7 Å². The number of nitro benzene ring substituents is 1. The van der Waals surface area contributed by atoms with Crippen LogP contribution in [0.25, 0.3) is 6.08 Å². The van der Waals surface area contributed by atoms with Crippen LogP contribution in [-0.4, -0.2) is 30.4 Å². The third-order valence-electron chi connectivity index (χ3n) is 4.16. The zero-order valence-electron chi connectivity index (χ0n) is 16.9. The number of hydrogen-bond donors (Lipinski definition) is 3. The maximum Gasteiger partial charge on any atom is 0.269 e. The van der Waals surface area contributed by atoms with Crippen LogP contribution in [0.15, 0.2) is 59.5 Å². The molecule has 0 bridgehead atoms. The van der Waals surface area contributed by atoms with Crippen LogP contribution in [0.2, 0.25) is 0 Å². The maximum absolute atomic E-state index is 12.3. The number of amides is 1. The maximum atomic E-state index is 12.3. The molecule has 1 unspecified atom stereocenters. The van der Waals surface area contributed by atoms with Crippen molar-refractivity contribution in [3.8, 4) is 0 Å². The molecule has 0 fully saturated rings. The molecule has 0 saturated heterocycles. The highest BCUT2D eigenvalue weighted by Crippen LogP contribution is 2.15. The Hall–Kier alpha value is -3.15. The van der Waals surface area contributed by atoms with Crippen molar-refractivity contribution in [1.29, 1.82) is 0 Å². The third-order valence-corrected chi connectivity index (χ3v) is 5.97. The fourth-order valence-corrected chi connectivity index (χ4v) is 3.87. The SMILES string of the molecule is CCC(C)NS(=O)(=O)c1ccc(NC(=S)NC(=O)/C=C/c2ccc([N+](=O)[O-])cc2)cc1. The fourth-order valence-electron chi connectivity index (χ4n) is 2.33. The molecule has 0 radical (unpaired) electrons. The number of benzene rings is 2. The molecule has 1 atom stereocenters.